The molecule has 2 bridgehead atoms. The van der Waals surface area contributed by atoms with E-state index in [-0.39, 0.29) is 62.2 Å². The lowest BCUT2D eigenvalue weighted by Gasteiger charge is -2.46. The number of aromatic nitrogens is 2. The highest BCUT2D eigenvalue weighted by Crippen LogP contribution is 2.40. The number of cyclic esters (lactones) is 1. The van der Waals surface area contributed by atoms with Gasteiger partial charge in [0.25, 0.3) is 11.7 Å². The minimum absolute atomic E-state index is 0.0199. The molecule has 8 rings (SSSR count). The molecule has 0 radical (unpaired) electrons. The molecule has 0 spiro atoms. The zero-order chi connectivity index (χ0) is 65.5. The number of carbonyl (C=O) groups is 5. The summed E-state index contributed by atoms with van der Waals surface area (Å²) in [6.45, 7) is 12.7. The molecule has 1 aromatic heterocycles. The molecule has 5 N–H and O–H groups in total. The lowest BCUT2D eigenvalue weighted by molar-refractivity contribution is -0.301. The number of esters is 1. The third-order valence-electron chi connectivity index (χ3n) is 19.0. The van der Waals surface area contributed by atoms with Crippen LogP contribution in [0.3, 0.4) is 0 Å². The van der Waals surface area contributed by atoms with Crippen LogP contribution in [-0.4, -0.2) is 209 Å². The molecule has 22 nitrogen and oxygen atoms in total. The maximum absolute atomic E-state index is 14.8. The van der Waals surface area contributed by atoms with Crippen LogP contribution in [0.15, 0.2) is 66.0 Å². The van der Waals surface area contributed by atoms with Crippen LogP contribution in [0.2, 0.25) is 0 Å². The highest BCUT2D eigenvalue weighted by atomic mass is 16.7. The van der Waals surface area contributed by atoms with Gasteiger partial charge in [-0.1, -0.05) is 50.5 Å². The van der Waals surface area contributed by atoms with E-state index in [1.807, 2.05) is 67.3 Å². The number of piperazine rings is 1. The number of methoxy groups -OCH3 is 3. The van der Waals surface area contributed by atoms with E-state index in [1.54, 1.807) is 35.0 Å². The molecule has 22 heteroatoms. The van der Waals surface area contributed by atoms with Gasteiger partial charge in [0.2, 0.25) is 11.7 Å². The van der Waals surface area contributed by atoms with E-state index in [0.717, 1.165) is 27.1 Å². The van der Waals surface area contributed by atoms with Gasteiger partial charge in [-0.15, -0.1) is 6.42 Å². The number of anilines is 2. The Morgan fingerprint density at radius 1 is 0.857 bits per heavy atom. The molecule has 5 heterocycles. The van der Waals surface area contributed by atoms with E-state index in [1.165, 1.54) is 13.4 Å². The molecule has 2 aromatic carbocycles. The first kappa shape index (κ1) is 70.5. The van der Waals surface area contributed by atoms with Crippen LogP contribution in [0.4, 0.5) is 11.5 Å². The molecule has 4 fully saturated rings. The summed E-state index contributed by atoms with van der Waals surface area (Å²) in [5.41, 5.74) is 3.57. The molecule has 14 atom stereocenters. The van der Waals surface area contributed by atoms with E-state index >= 15 is 0 Å². The standard InChI is InChI=1S/C69H96N6O16/c1-10-47-15-13-17-50(36-47)72-66-51-38-59(60(89-30-29-85-7)39-52(51)70-41-71-66)88-28-27-73-23-25-74(26-24-73)62(80)19-14-16-49-32-42(2)31-43(3)33-57(79)64-61(87-9)35-45(5)69(84,91-64)65(81)67(82)75-22-12-11-18-53(75)68(83)90-63(46(6)55(77)40-56(49)78)44(4)34-48-20-21-54(76)58(37-48)86-8/h1,13,15,17,32,34,36,38-39,41,43,45-46,48-49,53-55,57-58,61,63-64,76-77,79,84H,11-12,14,16,18-31,33,35,37,40H2,2-9H3,(H,70,71,72)/b42-32+,44-34+/t43-,45+,46+,48-,49+,53-,54+,55-,57-,58+,61-,63+,64+,69+/m0/s1. The molecule has 5 aliphatic rings. The predicted molar refractivity (Wildman–Crippen MR) is 340 cm³/mol. The highest BCUT2D eigenvalue weighted by Gasteiger charge is 2.56. The summed E-state index contributed by atoms with van der Waals surface area (Å²) in [4.78, 5) is 86.5. The zero-order valence-electron chi connectivity index (χ0n) is 54.3. The van der Waals surface area contributed by atoms with E-state index < -0.39 is 90.0 Å². The summed E-state index contributed by atoms with van der Waals surface area (Å²) >= 11 is 0. The number of piperidine rings is 1. The minimum atomic E-state index is -2.65. The Bertz CT molecular complexity index is 3090. The molecular weight excluding hydrogens is 1170 g/mol. The monoisotopic (exact) mass is 1260 g/mol. The first-order valence-corrected chi connectivity index (χ1v) is 32.5. The molecule has 0 unspecified atom stereocenters. The van der Waals surface area contributed by atoms with Crippen LogP contribution in [0.1, 0.15) is 124 Å². The predicted octanol–water partition coefficient (Wildman–Crippen LogP) is 6.50. The Morgan fingerprint density at radius 3 is 2.34 bits per heavy atom. The number of rotatable bonds is 18. The van der Waals surface area contributed by atoms with Crippen molar-refractivity contribution in [3.63, 3.8) is 0 Å². The van der Waals surface area contributed by atoms with Gasteiger partial charge in [-0.25, -0.2) is 14.8 Å². The second kappa shape index (κ2) is 32.9. The lowest BCUT2D eigenvalue weighted by atomic mass is 9.81. The summed E-state index contributed by atoms with van der Waals surface area (Å²) in [5, 5.41) is 50.9. The van der Waals surface area contributed by atoms with E-state index in [4.69, 9.17) is 39.6 Å². The van der Waals surface area contributed by atoms with Gasteiger partial charge in [-0.05, 0) is 126 Å². The van der Waals surface area contributed by atoms with Crippen molar-refractivity contribution in [2.24, 2.45) is 29.6 Å². The molecule has 1 aliphatic carbocycles. The maximum atomic E-state index is 14.8. The third-order valence-corrected chi connectivity index (χ3v) is 19.0. The van der Waals surface area contributed by atoms with Crippen molar-refractivity contribution in [1.82, 2.24) is 24.7 Å². The molecule has 2 amide bonds. The summed E-state index contributed by atoms with van der Waals surface area (Å²) in [6, 6.07) is 9.93. The molecule has 4 aliphatic heterocycles. The number of hydrogen-bond donors (Lipinski definition) is 5. The molecule has 3 aromatic rings. The van der Waals surface area contributed by atoms with Crippen molar-refractivity contribution < 1.29 is 77.6 Å². The number of Topliss-reactive ketones (excluding diaryl/α,β-unsaturated/α-hetero) is 2. The number of nitrogens with zero attached hydrogens (tertiary/aromatic N) is 5. The summed E-state index contributed by atoms with van der Waals surface area (Å²) in [7, 11) is 4.60. The van der Waals surface area contributed by atoms with Gasteiger partial charge in [0.15, 0.2) is 11.5 Å². The minimum Gasteiger partial charge on any atom is -0.488 e. The number of ether oxygens (including phenoxy) is 7. The van der Waals surface area contributed by atoms with Gasteiger partial charge in [0.1, 0.15) is 49.4 Å². The molecular formula is C69H96N6O16. The van der Waals surface area contributed by atoms with Gasteiger partial charge >= 0.3 is 5.97 Å². The second-order valence-corrected chi connectivity index (χ2v) is 25.7. The fourth-order valence-corrected chi connectivity index (χ4v) is 13.7. The van der Waals surface area contributed by atoms with Crippen molar-refractivity contribution in [2.45, 2.75) is 173 Å². The summed E-state index contributed by atoms with van der Waals surface area (Å²) in [5.74, 6) is -4.70. The van der Waals surface area contributed by atoms with Gasteiger partial charge in [0.05, 0.1) is 42.6 Å². The maximum Gasteiger partial charge on any atom is 0.329 e. The Labute approximate surface area is 535 Å². The van der Waals surface area contributed by atoms with Gasteiger partial charge < -0.3 is 68.7 Å². The number of ketones is 2. The number of fused-ring (bicyclic) bond motifs is 4. The number of amides is 2. The molecule has 1 saturated carbocycles. The number of benzene rings is 2. The topological polar surface area (TPSA) is 278 Å². The van der Waals surface area contributed by atoms with Crippen molar-refractivity contribution >= 4 is 51.8 Å². The number of aliphatic hydroxyl groups excluding tert-OH is 3. The fraction of sp³-hybridized carbons (Fsp3) is 0.638. The highest BCUT2D eigenvalue weighted by molar-refractivity contribution is 6.39. The Kier molecular flexibility index (Phi) is 25.5. The first-order chi connectivity index (χ1) is 43.6. The Morgan fingerprint density at radius 2 is 1.60 bits per heavy atom. The second-order valence-electron chi connectivity index (χ2n) is 25.7. The van der Waals surface area contributed by atoms with Crippen molar-refractivity contribution in [1.29, 1.82) is 0 Å². The smallest absolute Gasteiger partial charge is 0.329 e. The van der Waals surface area contributed by atoms with Crippen LogP contribution < -0.4 is 14.8 Å². The zero-order valence-corrected chi connectivity index (χ0v) is 54.3. The number of nitrogens with one attached hydrogen (secondary N) is 1. The Hall–Kier alpha value is -6.39. The van der Waals surface area contributed by atoms with Gasteiger partial charge in [0, 0.05) is 114 Å². The quantitative estimate of drug-likeness (QED) is 0.0299. The summed E-state index contributed by atoms with van der Waals surface area (Å²) < 4.78 is 41.6. The number of terminal acetylenes is 1. The largest absolute Gasteiger partial charge is 0.488 e. The van der Waals surface area contributed by atoms with E-state index in [9.17, 15) is 44.4 Å². The van der Waals surface area contributed by atoms with Crippen LogP contribution in [0.25, 0.3) is 10.9 Å². The van der Waals surface area contributed by atoms with Gasteiger partial charge in [-0.2, -0.15) is 0 Å². The van der Waals surface area contributed by atoms with Crippen molar-refractivity contribution in [3.05, 3.63) is 71.6 Å². The van der Waals surface area contributed by atoms with Crippen LogP contribution >= 0.6 is 0 Å². The van der Waals surface area contributed by atoms with E-state index in [2.05, 4.69) is 26.1 Å². The van der Waals surface area contributed by atoms with Crippen LogP contribution in [0, 0.1) is 41.9 Å². The molecule has 3 saturated heterocycles. The lowest BCUT2D eigenvalue weighted by Crippen LogP contribution is -2.64. The molecule has 498 valence electrons. The number of hydrogen-bond acceptors (Lipinski definition) is 20. The number of carbonyl (C=O) groups excluding carboxylic acids is 5. The normalized spacial score (nSPS) is 31.1. The van der Waals surface area contributed by atoms with Crippen molar-refractivity contribution in [3.8, 4) is 23.8 Å². The third kappa shape index (κ3) is 18.1. The van der Waals surface area contributed by atoms with Crippen LogP contribution in [-0.2, 0) is 47.7 Å². The van der Waals surface area contributed by atoms with E-state index in [0.29, 0.717) is 132 Å². The van der Waals surface area contributed by atoms with Crippen LogP contribution in [0.5, 0.6) is 11.5 Å². The van der Waals surface area contributed by atoms with Gasteiger partial charge in [-0.3, -0.25) is 24.1 Å². The molecule has 91 heavy (non-hydrogen) atoms. The number of aliphatic hydroxyl groups is 4. The Balaban J connectivity index is 0.958. The average Bonchev–Trinajstić information content (AvgIpc) is 0.864. The SMILES string of the molecule is C#Cc1cccc(Nc2ncnc3cc(OCCOC)c(OCCN4CCN(C(=O)CCC[C@@H]5/C=C(\C)C[C@H](C)C[C@H](O)[C@H]6O[C@@](O)(C(=O)C(=O)N7CCCC[C@H]7C(=O)O[C@H](/C(C)=C/[C@@H]7CC[C@@H](O)[C@H](OC)C7)[C@H](C)[C@@H](O)CC5=O)[C@H](C)C[C@@H]6OC)CC4)cc23)c1. The summed E-state index contributed by atoms with van der Waals surface area (Å²) in [6.07, 6.45) is 8.29. The number of allylic oxidation sites excluding steroid dienone is 3. The fourth-order valence-electron chi connectivity index (χ4n) is 13.7. The first-order valence-electron chi connectivity index (χ1n) is 32.5. The average molecular weight is 1270 g/mol. The van der Waals surface area contributed by atoms with Crippen molar-refractivity contribution in [2.75, 3.05) is 85.7 Å².